The van der Waals surface area contributed by atoms with E-state index in [1.807, 2.05) is 14.1 Å². The van der Waals surface area contributed by atoms with Crippen LogP contribution >= 0.6 is 10.4 Å². The second kappa shape index (κ2) is 2.35. The highest BCUT2D eigenvalue weighted by Gasteiger charge is 2.44. The Kier molecular flexibility index (Phi) is 1.95. The van der Waals surface area contributed by atoms with Crippen LogP contribution in [-0.4, -0.2) is 31.3 Å². The largest absolute Gasteiger partial charge is 0.312 e. The lowest BCUT2D eigenvalue weighted by atomic mass is 10.3. The topological polar surface area (TPSA) is 76.1 Å². The molecule has 1 fully saturated rings. The fraction of sp³-hybridized carbons (Fsp3) is 1.00. The summed E-state index contributed by atoms with van der Waals surface area (Å²) in [7, 11) is 3.06. The minimum Gasteiger partial charge on any atom is -0.312 e. The second-order valence-corrected chi connectivity index (χ2v) is 5.97. The van der Waals surface area contributed by atoms with E-state index in [2.05, 4.69) is 9.44 Å². The van der Waals surface area contributed by atoms with E-state index < -0.39 is 16.1 Å². The maximum Gasteiger partial charge on any atom is 0.0839 e. The quantitative estimate of drug-likeness (QED) is 0.382. The molecule has 0 atom stereocenters. The van der Waals surface area contributed by atoms with Gasteiger partial charge >= 0.3 is 0 Å². The molecular weight excluding hydrogens is 148 g/mol. The highest BCUT2D eigenvalue weighted by molar-refractivity contribution is 8.31. The fourth-order valence-corrected chi connectivity index (χ4v) is 3.80. The molecule has 0 amide bonds. The molecule has 6 N–H and O–H groups in total. The molecule has 1 aliphatic heterocycles. The van der Waals surface area contributed by atoms with Crippen molar-refractivity contribution in [1.29, 1.82) is 0 Å². The molecule has 1 heterocycles. The molecule has 5 heteroatoms. The van der Waals surface area contributed by atoms with Gasteiger partial charge in [-0.3, -0.25) is 9.44 Å². The predicted octanol–water partition coefficient (Wildman–Crippen LogP) is -1.31. The Bertz CT molecular complexity index is 122. The van der Waals surface area contributed by atoms with Crippen LogP contribution < -0.4 is 20.9 Å². The zero-order valence-electron chi connectivity index (χ0n) is 6.48. The molecule has 0 aromatic rings. The first-order valence-electron chi connectivity index (χ1n) is 3.27. The number of nitrogens with one attached hydrogen (secondary N) is 2. The van der Waals surface area contributed by atoms with E-state index in [4.69, 9.17) is 11.5 Å². The van der Waals surface area contributed by atoms with Crippen LogP contribution in [-0.2, 0) is 0 Å². The van der Waals surface area contributed by atoms with E-state index in [0.29, 0.717) is 0 Å². The van der Waals surface area contributed by atoms with Crippen LogP contribution in [0, 0.1) is 0 Å². The lowest BCUT2D eigenvalue weighted by Gasteiger charge is -2.56. The van der Waals surface area contributed by atoms with Crippen molar-refractivity contribution in [1.82, 2.24) is 9.44 Å². The van der Waals surface area contributed by atoms with Crippen molar-refractivity contribution >= 4 is 10.4 Å². The van der Waals surface area contributed by atoms with Gasteiger partial charge in [-0.1, -0.05) is 0 Å². The van der Waals surface area contributed by atoms with Gasteiger partial charge in [0, 0.05) is 11.5 Å². The standard InChI is InChI=1S/C5H16N4S/c1-8-10(9-2)3-5(6,7)4-10/h8-9H,3-4,6-7H2,1-2H3. The number of nitrogens with two attached hydrogens (primary N) is 2. The summed E-state index contributed by atoms with van der Waals surface area (Å²) in [6.07, 6.45) is 0. The van der Waals surface area contributed by atoms with E-state index >= 15 is 0 Å². The van der Waals surface area contributed by atoms with Gasteiger partial charge < -0.3 is 11.5 Å². The molecule has 10 heavy (non-hydrogen) atoms. The molecule has 0 saturated carbocycles. The lowest BCUT2D eigenvalue weighted by Crippen LogP contribution is -2.70. The van der Waals surface area contributed by atoms with Crippen molar-refractivity contribution in [2.75, 3.05) is 25.6 Å². The Hall–Kier alpha value is 0.190. The van der Waals surface area contributed by atoms with Crippen molar-refractivity contribution in [3.05, 3.63) is 0 Å². The van der Waals surface area contributed by atoms with E-state index in [1.54, 1.807) is 0 Å². The summed E-state index contributed by atoms with van der Waals surface area (Å²) in [5, 5.41) is 0. The number of hydrogen-bond acceptors (Lipinski definition) is 4. The molecule has 0 spiro atoms. The van der Waals surface area contributed by atoms with Gasteiger partial charge in [0.05, 0.1) is 5.66 Å². The SMILES string of the molecule is CNS1(NC)CC(N)(N)C1. The summed E-state index contributed by atoms with van der Waals surface area (Å²) in [5.41, 5.74) is 10.9. The minimum atomic E-state index is -0.830. The van der Waals surface area contributed by atoms with Crippen LogP contribution in [0.25, 0.3) is 0 Å². The van der Waals surface area contributed by atoms with Crippen LogP contribution in [0.15, 0.2) is 0 Å². The maximum atomic E-state index is 5.67. The average Bonchev–Trinajstić information content (AvgIpc) is 1.82. The Morgan fingerprint density at radius 2 is 1.60 bits per heavy atom. The number of rotatable bonds is 2. The first-order chi connectivity index (χ1) is 4.54. The second-order valence-electron chi connectivity index (χ2n) is 2.81. The normalized spacial score (nSPS) is 30.8. The van der Waals surface area contributed by atoms with Crippen LogP contribution in [0.3, 0.4) is 0 Å². The molecule has 62 valence electrons. The summed E-state index contributed by atoms with van der Waals surface area (Å²) in [4.78, 5) is 0. The first kappa shape index (κ1) is 8.29. The third-order valence-corrected chi connectivity index (χ3v) is 5.44. The molecule has 4 nitrogen and oxygen atoms in total. The van der Waals surface area contributed by atoms with Crippen molar-refractivity contribution in [2.24, 2.45) is 11.5 Å². The van der Waals surface area contributed by atoms with Gasteiger partial charge in [0.1, 0.15) is 0 Å². The third kappa shape index (κ3) is 1.28. The zero-order chi connectivity index (χ0) is 7.83. The summed E-state index contributed by atoms with van der Waals surface area (Å²) < 4.78 is 6.46. The molecule has 1 rings (SSSR count). The monoisotopic (exact) mass is 164 g/mol. The van der Waals surface area contributed by atoms with Crippen molar-refractivity contribution in [3.63, 3.8) is 0 Å². The lowest BCUT2D eigenvalue weighted by molar-refractivity contribution is 0.517. The summed E-state index contributed by atoms with van der Waals surface area (Å²) in [5.74, 6) is 1.74. The highest BCUT2D eigenvalue weighted by Crippen LogP contribution is 2.50. The van der Waals surface area contributed by atoms with Gasteiger partial charge in [-0.25, -0.2) is 0 Å². The summed E-state index contributed by atoms with van der Waals surface area (Å²) >= 11 is 0. The van der Waals surface area contributed by atoms with Crippen LogP contribution in [0.2, 0.25) is 0 Å². The predicted molar refractivity (Wildman–Crippen MR) is 46.6 cm³/mol. The highest BCUT2D eigenvalue weighted by atomic mass is 32.3. The van der Waals surface area contributed by atoms with Gasteiger partial charge in [-0.05, 0) is 14.1 Å². The van der Waals surface area contributed by atoms with Gasteiger partial charge in [-0.2, -0.15) is 0 Å². The zero-order valence-corrected chi connectivity index (χ0v) is 7.29. The van der Waals surface area contributed by atoms with E-state index in [9.17, 15) is 0 Å². The minimum absolute atomic E-state index is 0.429. The fourth-order valence-electron chi connectivity index (χ4n) is 1.27. The van der Waals surface area contributed by atoms with E-state index in [-0.39, 0.29) is 0 Å². The smallest absolute Gasteiger partial charge is 0.0839 e. The van der Waals surface area contributed by atoms with Gasteiger partial charge in [0.2, 0.25) is 0 Å². The third-order valence-electron chi connectivity index (χ3n) is 1.81. The maximum absolute atomic E-state index is 5.67. The van der Waals surface area contributed by atoms with Crippen molar-refractivity contribution < 1.29 is 0 Å². The molecule has 0 radical (unpaired) electrons. The van der Waals surface area contributed by atoms with Crippen molar-refractivity contribution in [3.8, 4) is 0 Å². The van der Waals surface area contributed by atoms with Crippen LogP contribution in [0.5, 0.6) is 0 Å². The van der Waals surface area contributed by atoms with Crippen LogP contribution in [0.4, 0.5) is 0 Å². The number of hydrogen-bond donors (Lipinski definition) is 4. The van der Waals surface area contributed by atoms with Gasteiger partial charge in [0.15, 0.2) is 0 Å². The van der Waals surface area contributed by atoms with Crippen molar-refractivity contribution in [2.45, 2.75) is 5.66 Å². The molecule has 0 bridgehead atoms. The molecule has 0 aromatic carbocycles. The summed E-state index contributed by atoms with van der Waals surface area (Å²) in [6, 6.07) is 0. The Labute approximate surface area is 63.3 Å². The molecule has 1 aliphatic rings. The summed E-state index contributed by atoms with van der Waals surface area (Å²) in [6.45, 7) is 0. The Morgan fingerprint density at radius 1 is 1.20 bits per heavy atom. The molecular formula is C5H16N4S. The van der Waals surface area contributed by atoms with E-state index in [1.165, 1.54) is 0 Å². The average molecular weight is 164 g/mol. The Balaban J connectivity index is 2.46. The van der Waals surface area contributed by atoms with E-state index in [0.717, 1.165) is 11.5 Å². The molecule has 0 aromatic heterocycles. The van der Waals surface area contributed by atoms with Gasteiger partial charge in [0.25, 0.3) is 0 Å². The molecule has 0 unspecified atom stereocenters. The molecule has 0 aliphatic carbocycles. The van der Waals surface area contributed by atoms with Crippen LogP contribution in [0.1, 0.15) is 0 Å². The Morgan fingerprint density at radius 3 is 1.70 bits per heavy atom. The first-order valence-corrected chi connectivity index (χ1v) is 5.24. The van der Waals surface area contributed by atoms with Gasteiger partial charge in [-0.15, -0.1) is 10.4 Å². The molecule has 1 saturated heterocycles.